The fourth-order valence-electron chi connectivity index (χ4n) is 2.29. The Hall–Kier alpha value is -2.49. The minimum absolute atomic E-state index is 0.166. The van der Waals surface area contributed by atoms with E-state index in [4.69, 9.17) is 11.0 Å². The molecule has 0 aliphatic rings. The van der Waals surface area contributed by atoms with Crippen molar-refractivity contribution in [3.05, 3.63) is 46.8 Å². The number of hydrogen-bond acceptors (Lipinski definition) is 3. The highest BCUT2D eigenvalue weighted by Crippen LogP contribution is 2.36. The average molecular weight is 308 g/mol. The smallest absolute Gasteiger partial charge is 0.395 e. The van der Waals surface area contributed by atoms with E-state index in [1.54, 1.807) is 38.1 Å². The van der Waals surface area contributed by atoms with Crippen LogP contribution in [0.15, 0.2) is 24.3 Å². The van der Waals surface area contributed by atoms with Crippen molar-refractivity contribution in [2.45, 2.75) is 32.5 Å². The molecule has 4 nitrogen and oxygen atoms in total. The van der Waals surface area contributed by atoms with Gasteiger partial charge in [-0.3, -0.25) is 4.68 Å². The summed E-state index contributed by atoms with van der Waals surface area (Å²) in [7, 11) is 0. The van der Waals surface area contributed by atoms with Gasteiger partial charge in [-0.05, 0) is 23.6 Å². The van der Waals surface area contributed by atoms with Crippen LogP contribution in [0.3, 0.4) is 0 Å². The predicted octanol–water partition coefficient (Wildman–Crippen LogP) is 3.53. The number of hydrogen-bond donors (Lipinski definition) is 1. The molecule has 0 unspecified atom stereocenters. The van der Waals surface area contributed by atoms with Crippen molar-refractivity contribution in [3.63, 3.8) is 0 Å². The van der Waals surface area contributed by atoms with Gasteiger partial charge >= 0.3 is 6.18 Å². The molecule has 7 heteroatoms. The lowest BCUT2D eigenvalue weighted by molar-refractivity contribution is -0.140. The summed E-state index contributed by atoms with van der Waals surface area (Å²) < 4.78 is 40.1. The van der Waals surface area contributed by atoms with E-state index in [2.05, 4.69) is 5.10 Å². The molecule has 116 valence electrons. The number of aromatic nitrogens is 2. The van der Waals surface area contributed by atoms with Crippen LogP contribution in [0.25, 0.3) is 0 Å². The molecule has 0 bridgehead atoms. The molecule has 0 spiro atoms. The van der Waals surface area contributed by atoms with Crippen molar-refractivity contribution in [3.8, 4) is 6.07 Å². The molecule has 0 aliphatic heterocycles. The molecule has 0 radical (unpaired) electrons. The molecule has 2 rings (SSSR count). The van der Waals surface area contributed by atoms with Gasteiger partial charge in [0.1, 0.15) is 0 Å². The highest BCUT2D eigenvalue weighted by atomic mass is 19.4. The zero-order valence-electron chi connectivity index (χ0n) is 12.1. The van der Waals surface area contributed by atoms with E-state index < -0.39 is 11.9 Å². The van der Waals surface area contributed by atoms with E-state index in [0.29, 0.717) is 11.3 Å². The molecule has 22 heavy (non-hydrogen) atoms. The fraction of sp³-hybridized carbons (Fsp3) is 0.333. The summed E-state index contributed by atoms with van der Waals surface area (Å²) >= 11 is 0. The first-order valence-corrected chi connectivity index (χ1v) is 6.66. The highest BCUT2D eigenvalue weighted by Gasteiger charge is 2.38. The molecule has 0 atom stereocenters. The van der Waals surface area contributed by atoms with Crippen LogP contribution < -0.4 is 5.73 Å². The third-order valence-corrected chi connectivity index (χ3v) is 3.26. The van der Waals surface area contributed by atoms with Gasteiger partial charge in [-0.15, -0.1) is 0 Å². The highest BCUT2D eigenvalue weighted by molar-refractivity contribution is 5.51. The van der Waals surface area contributed by atoms with E-state index >= 15 is 0 Å². The molecular weight excluding hydrogens is 293 g/mol. The summed E-state index contributed by atoms with van der Waals surface area (Å²) in [5.41, 5.74) is 5.87. The predicted molar refractivity (Wildman–Crippen MR) is 76.0 cm³/mol. The van der Waals surface area contributed by atoms with E-state index in [0.717, 1.165) is 5.56 Å². The summed E-state index contributed by atoms with van der Waals surface area (Å²) in [4.78, 5) is 0. The fourth-order valence-corrected chi connectivity index (χ4v) is 2.29. The molecule has 0 saturated carbocycles. The summed E-state index contributed by atoms with van der Waals surface area (Å²) in [6, 6.07) is 8.59. The van der Waals surface area contributed by atoms with Gasteiger partial charge in [-0.1, -0.05) is 26.0 Å². The standard InChI is InChI=1S/C15H15F3N4/c1-9(2)13-12(20)14(15(16,17)18)21-22(13)8-11-5-3-10(7-19)4-6-11/h3-6,9H,8,20H2,1-2H3. The minimum Gasteiger partial charge on any atom is -0.395 e. The van der Waals surface area contributed by atoms with Crippen molar-refractivity contribution in [1.29, 1.82) is 5.26 Å². The summed E-state index contributed by atoms with van der Waals surface area (Å²) in [5, 5.41) is 12.4. The Morgan fingerprint density at radius 1 is 1.27 bits per heavy atom. The quantitative estimate of drug-likeness (QED) is 0.943. The second-order valence-corrected chi connectivity index (χ2v) is 5.27. The number of rotatable bonds is 3. The third-order valence-electron chi connectivity index (χ3n) is 3.26. The van der Waals surface area contributed by atoms with Gasteiger partial charge in [0.2, 0.25) is 0 Å². The number of nitrogens with zero attached hydrogens (tertiary/aromatic N) is 3. The molecule has 0 saturated heterocycles. The lowest BCUT2D eigenvalue weighted by Gasteiger charge is -2.11. The number of anilines is 1. The Kier molecular flexibility index (Phi) is 4.13. The molecule has 2 aromatic rings. The number of alkyl halides is 3. The maximum Gasteiger partial charge on any atom is 0.437 e. The number of benzene rings is 1. The van der Waals surface area contributed by atoms with Gasteiger partial charge in [0.05, 0.1) is 29.6 Å². The van der Waals surface area contributed by atoms with Gasteiger partial charge in [-0.25, -0.2) is 0 Å². The van der Waals surface area contributed by atoms with E-state index in [9.17, 15) is 13.2 Å². The van der Waals surface area contributed by atoms with Crippen molar-refractivity contribution in [2.24, 2.45) is 0 Å². The van der Waals surface area contributed by atoms with Gasteiger partial charge in [0.15, 0.2) is 5.69 Å². The number of nitrogens with two attached hydrogens (primary N) is 1. The van der Waals surface area contributed by atoms with Crippen molar-refractivity contribution >= 4 is 5.69 Å². The first-order valence-electron chi connectivity index (χ1n) is 6.66. The molecular formula is C15H15F3N4. The Labute approximate surface area is 126 Å². The Bertz CT molecular complexity index is 706. The molecule has 0 fully saturated rings. The van der Waals surface area contributed by atoms with Crippen LogP contribution in [-0.2, 0) is 12.7 Å². The second-order valence-electron chi connectivity index (χ2n) is 5.27. The Balaban J connectivity index is 2.43. The van der Waals surface area contributed by atoms with Crippen LogP contribution in [0.5, 0.6) is 0 Å². The van der Waals surface area contributed by atoms with Crippen LogP contribution in [0.4, 0.5) is 18.9 Å². The first-order chi connectivity index (χ1) is 10.2. The molecule has 0 aliphatic carbocycles. The summed E-state index contributed by atoms with van der Waals surface area (Å²) in [6.45, 7) is 3.70. The number of nitrogen functional groups attached to an aromatic ring is 1. The maximum atomic E-state index is 13.0. The second kappa shape index (κ2) is 5.72. The van der Waals surface area contributed by atoms with Crippen LogP contribution in [0.1, 0.15) is 42.3 Å². The number of halogens is 3. The molecule has 1 heterocycles. The van der Waals surface area contributed by atoms with E-state index in [1.807, 2.05) is 6.07 Å². The molecule has 1 aromatic heterocycles. The monoisotopic (exact) mass is 308 g/mol. The first kappa shape index (κ1) is 15.9. The molecule has 0 amide bonds. The van der Waals surface area contributed by atoms with Crippen LogP contribution in [0.2, 0.25) is 0 Å². The SMILES string of the molecule is CC(C)c1c(N)c(C(F)(F)F)nn1Cc1ccc(C#N)cc1. The normalized spacial score (nSPS) is 11.7. The van der Waals surface area contributed by atoms with E-state index in [-0.39, 0.29) is 18.2 Å². The van der Waals surface area contributed by atoms with Crippen molar-refractivity contribution in [1.82, 2.24) is 9.78 Å². The zero-order chi connectivity index (χ0) is 16.5. The van der Waals surface area contributed by atoms with Crippen LogP contribution in [-0.4, -0.2) is 9.78 Å². The average Bonchev–Trinajstić information content (AvgIpc) is 2.76. The minimum atomic E-state index is -4.58. The van der Waals surface area contributed by atoms with Gasteiger partial charge < -0.3 is 5.73 Å². The van der Waals surface area contributed by atoms with Crippen molar-refractivity contribution in [2.75, 3.05) is 5.73 Å². The van der Waals surface area contributed by atoms with Gasteiger partial charge in [-0.2, -0.15) is 23.5 Å². The van der Waals surface area contributed by atoms with Gasteiger partial charge in [0, 0.05) is 0 Å². The van der Waals surface area contributed by atoms with Crippen LogP contribution >= 0.6 is 0 Å². The summed E-state index contributed by atoms with van der Waals surface area (Å²) in [6.07, 6.45) is -4.58. The maximum absolute atomic E-state index is 13.0. The summed E-state index contributed by atoms with van der Waals surface area (Å²) in [5.74, 6) is -0.193. The largest absolute Gasteiger partial charge is 0.437 e. The lowest BCUT2D eigenvalue weighted by Crippen LogP contribution is -2.10. The van der Waals surface area contributed by atoms with Crippen molar-refractivity contribution < 1.29 is 13.2 Å². The Morgan fingerprint density at radius 2 is 1.86 bits per heavy atom. The van der Waals surface area contributed by atoms with Crippen LogP contribution in [0, 0.1) is 11.3 Å². The molecule has 1 aromatic carbocycles. The third kappa shape index (κ3) is 3.06. The Morgan fingerprint density at radius 3 is 2.32 bits per heavy atom. The molecule has 2 N–H and O–H groups in total. The zero-order valence-corrected chi connectivity index (χ0v) is 12.1. The van der Waals surface area contributed by atoms with Gasteiger partial charge in [0.25, 0.3) is 0 Å². The lowest BCUT2D eigenvalue weighted by atomic mass is 10.1. The topological polar surface area (TPSA) is 67.6 Å². The van der Waals surface area contributed by atoms with E-state index in [1.165, 1.54) is 4.68 Å². The number of nitriles is 1.